The van der Waals surface area contributed by atoms with E-state index in [1.807, 2.05) is 21.1 Å². The van der Waals surface area contributed by atoms with Crippen molar-refractivity contribution < 1.29 is 42.1 Å². The quantitative estimate of drug-likeness (QED) is 0.0195. The lowest BCUT2D eigenvalue weighted by molar-refractivity contribution is -0.870. The number of hydrogen-bond donors (Lipinski definition) is 0. The van der Waals surface area contributed by atoms with Gasteiger partial charge in [0.1, 0.15) is 19.8 Å². The van der Waals surface area contributed by atoms with Gasteiger partial charge in [0, 0.05) is 12.8 Å². The molecule has 0 N–H and O–H groups in total. The number of carbonyl (C=O) groups excluding carboxylic acids is 2. The van der Waals surface area contributed by atoms with Crippen LogP contribution in [0.25, 0.3) is 0 Å². The zero-order valence-corrected chi connectivity index (χ0v) is 68.2. The number of allylic oxidation sites excluding steroid dienone is 22. The van der Waals surface area contributed by atoms with E-state index < -0.39 is 26.5 Å². The Kier molecular flexibility index (Phi) is 78.2. The van der Waals surface area contributed by atoms with Gasteiger partial charge >= 0.3 is 11.9 Å². The molecule has 0 aliphatic rings. The van der Waals surface area contributed by atoms with Crippen LogP contribution in [0.1, 0.15) is 386 Å². The van der Waals surface area contributed by atoms with E-state index in [1.54, 1.807) is 0 Å². The summed E-state index contributed by atoms with van der Waals surface area (Å²) in [6.07, 6.45) is 119. The van der Waals surface area contributed by atoms with E-state index in [4.69, 9.17) is 18.5 Å². The number of phosphoric ester groups is 1. The SMILES string of the molecule is CC/C=C\C/C=C\C/C=C\C/C=C\C/C=C\C/C=C\C/C=C\C/C=C\C/C=C\C/C=C\C/C=C\CCCCCC(=O)OC(COC(=O)CCCCCCCCCCCCCCCCCCCCCCCCCCCCCCCCCCCCCCCCCCC)COP(=O)([O-])OCC[N+](C)(C)C. The summed E-state index contributed by atoms with van der Waals surface area (Å²) < 4.78 is 34.4. The molecule has 0 aromatic rings. The second kappa shape index (κ2) is 81.2. The molecule has 0 amide bonds. The molecule has 0 saturated carbocycles. The van der Waals surface area contributed by atoms with E-state index in [0.29, 0.717) is 17.4 Å². The van der Waals surface area contributed by atoms with Gasteiger partial charge in [-0.15, -0.1) is 0 Å². The van der Waals surface area contributed by atoms with E-state index in [9.17, 15) is 19.0 Å². The first-order valence-corrected chi connectivity index (χ1v) is 44.4. The number of carbonyl (C=O) groups is 2. The Bertz CT molecular complexity index is 2190. The number of likely N-dealkylation sites (N-methyl/N-ethyl adjacent to an activating group) is 1. The van der Waals surface area contributed by atoms with Crippen molar-refractivity contribution in [3.05, 3.63) is 134 Å². The number of phosphoric acid groups is 1. The highest BCUT2D eigenvalue weighted by atomic mass is 31.2. The second-order valence-corrected chi connectivity index (χ2v) is 31.2. The zero-order valence-electron chi connectivity index (χ0n) is 67.3. The van der Waals surface area contributed by atoms with Crippen molar-refractivity contribution in [3.8, 4) is 0 Å². The fraction of sp³-hybridized carbons (Fsp3) is 0.739. The largest absolute Gasteiger partial charge is 0.756 e. The molecule has 0 bridgehead atoms. The summed E-state index contributed by atoms with van der Waals surface area (Å²) in [5.41, 5.74) is 0. The molecule has 588 valence electrons. The van der Waals surface area contributed by atoms with E-state index in [-0.39, 0.29) is 32.0 Å². The van der Waals surface area contributed by atoms with Crippen LogP contribution in [0.15, 0.2) is 134 Å². The average molecular weight is 1440 g/mol. The normalized spacial score (nSPS) is 13.7. The van der Waals surface area contributed by atoms with Crippen LogP contribution in [0.3, 0.4) is 0 Å². The average Bonchev–Trinajstić information content (AvgIpc) is 0.913. The molecule has 2 unspecified atom stereocenters. The third kappa shape index (κ3) is 85.1. The van der Waals surface area contributed by atoms with Crippen molar-refractivity contribution in [3.63, 3.8) is 0 Å². The van der Waals surface area contributed by atoms with Gasteiger partial charge in [0.05, 0.1) is 27.7 Å². The van der Waals surface area contributed by atoms with Crippen molar-refractivity contribution in [1.82, 2.24) is 0 Å². The maximum atomic E-state index is 12.9. The van der Waals surface area contributed by atoms with E-state index in [2.05, 4.69) is 148 Å². The molecule has 0 aliphatic heterocycles. The predicted octanol–water partition coefficient (Wildman–Crippen LogP) is 28.4. The van der Waals surface area contributed by atoms with Gasteiger partial charge in [-0.1, -0.05) is 411 Å². The lowest BCUT2D eigenvalue weighted by atomic mass is 10.0. The number of nitrogens with zero attached hydrogens (tertiary/aromatic N) is 1. The van der Waals surface area contributed by atoms with Gasteiger partial charge in [0.15, 0.2) is 6.10 Å². The van der Waals surface area contributed by atoms with Crippen molar-refractivity contribution in [1.29, 1.82) is 0 Å². The van der Waals surface area contributed by atoms with Crippen molar-refractivity contribution in [2.75, 3.05) is 47.5 Å². The Balaban J connectivity index is 3.99. The van der Waals surface area contributed by atoms with Crippen LogP contribution in [-0.4, -0.2) is 70.0 Å². The van der Waals surface area contributed by atoms with Gasteiger partial charge in [-0.3, -0.25) is 14.2 Å². The van der Waals surface area contributed by atoms with Crippen LogP contribution < -0.4 is 4.89 Å². The van der Waals surface area contributed by atoms with Crippen LogP contribution in [0.5, 0.6) is 0 Å². The molecule has 2 atom stereocenters. The van der Waals surface area contributed by atoms with Gasteiger partial charge in [-0.25, -0.2) is 0 Å². The summed E-state index contributed by atoms with van der Waals surface area (Å²) in [5, 5.41) is 0. The van der Waals surface area contributed by atoms with Crippen LogP contribution in [0.4, 0.5) is 0 Å². The summed E-state index contributed by atoms with van der Waals surface area (Å²) in [6, 6.07) is 0. The summed E-state index contributed by atoms with van der Waals surface area (Å²) in [5.74, 6) is -0.866. The van der Waals surface area contributed by atoms with Gasteiger partial charge in [-0.05, 0) is 96.3 Å². The van der Waals surface area contributed by atoms with Crippen molar-refractivity contribution in [2.45, 2.75) is 392 Å². The summed E-state index contributed by atoms with van der Waals surface area (Å²) >= 11 is 0. The molecule has 0 heterocycles. The number of ether oxygens (including phenoxy) is 2. The smallest absolute Gasteiger partial charge is 0.306 e. The Hall–Kier alpha value is -3.85. The first-order chi connectivity index (χ1) is 50.0. The minimum atomic E-state index is -4.67. The molecular formula is C92H162NO8P. The van der Waals surface area contributed by atoms with Crippen molar-refractivity contribution >= 4 is 19.8 Å². The lowest BCUT2D eigenvalue weighted by Crippen LogP contribution is -2.37. The molecule has 0 rings (SSSR count). The Morgan fingerprint density at radius 1 is 0.314 bits per heavy atom. The summed E-state index contributed by atoms with van der Waals surface area (Å²) in [7, 11) is 1.14. The van der Waals surface area contributed by atoms with E-state index in [1.165, 1.54) is 244 Å². The Labute approximate surface area is 631 Å². The Morgan fingerprint density at radius 3 is 0.833 bits per heavy atom. The fourth-order valence-corrected chi connectivity index (χ4v) is 12.9. The predicted molar refractivity (Wildman–Crippen MR) is 443 cm³/mol. The highest BCUT2D eigenvalue weighted by Crippen LogP contribution is 2.38. The van der Waals surface area contributed by atoms with Crippen LogP contribution in [0, 0.1) is 0 Å². The molecule has 0 aromatic heterocycles. The number of unbranched alkanes of at least 4 members (excludes halogenated alkanes) is 43. The van der Waals surface area contributed by atoms with Gasteiger partial charge < -0.3 is 27.9 Å². The standard InChI is InChI=1S/C92H162NO8P/c1-6-8-10-12-14-16-18-20-22-24-26-28-30-32-34-36-38-40-42-44-45-46-47-49-50-52-54-56-58-60-62-64-66-68-70-72-74-76-78-80-82-84-91(94)98-88-90(89-100-102(96,97)99-87-86-93(3,4)5)101-92(95)85-83-81-79-77-75-73-71-69-67-65-63-61-59-57-55-53-51-48-43-41-39-37-35-33-31-29-27-25-23-21-19-17-15-13-11-9-7-2/h9,11,15,17,21,23,27,29,33,35,39,41,48,51,55,57,61,63,67,69,73,75,90H,6-8,10,12-14,16,18-20,22,24-26,28,30-32,34,36-38,40,42-47,49-50,52-54,56,58-60,62,64-66,68,70-72,74,76-89H2,1-5H3/b11-9-,17-15-,23-21-,29-27-,35-33-,41-39-,51-48-,57-55-,63-61-,69-67-,75-73-. The monoisotopic (exact) mass is 1440 g/mol. The number of esters is 2. The van der Waals surface area contributed by atoms with Gasteiger partial charge in [-0.2, -0.15) is 0 Å². The molecule has 0 radical (unpaired) electrons. The fourth-order valence-electron chi connectivity index (χ4n) is 12.2. The van der Waals surface area contributed by atoms with Crippen LogP contribution in [0.2, 0.25) is 0 Å². The maximum Gasteiger partial charge on any atom is 0.306 e. The number of rotatable bonds is 79. The molecule has 10 heteroatoms. The molecule has 0 spiro atoms. The second-order valence-electron chi connectivity index (χ2n) is 29.8. The number of quaternary nitrogens is 1. The molecule has 0 fully saturated rings. The molecule has 102 heavy (non-hydrogen) atoms. The third-order valence-corrected chi connectivity index (χ3v) is 19.6. The molecule has 9 nitrogen and oxygen atoms in total. The zero-order chi connectivity index (χ0) is 74.0. The number of hydrogen-bond acceptors (Lipinski definition) is 8. The minimum absolute atomic E-state index is 0.0428. The summed E-state index contributed by atoms with van der Waals surface area (Å²) in [6.45, 7) is 4.12. The van der Waals surface area contributed by atoms with Crippen LogP contribution >= 0.6 is 7.82 Å². The van der Waals surface area contributed by atoms with Gasteiger partial charge in [0.2, 0.25) is 0 Å². The first kappa shape index (κ1) is 98.2. The van der Waals surface area contributed by atoms with Crippen molar-refractivity contribution in [2.24, 2.45) is 0 Å². The van der Waals surface area contributed by atoms with E-state index >= 15 is 0 Å². The first-order valence-electron chi connectivity index (χ1n) is 42.9. The van der Waals surface area contributed by atoms with Gasteiger partial charge in [0.25, 0.3) is 7.82 Å². The minimum Gasteiger partial charge on any atom is -0.756 e. The molecule has 0 saturated heterocycles. The summed E-state index contributed by atoms with van der Waals surface area (Å²) in [4.78, 5) is 38.2. The lowest BCUT2D eigenvalue weighted by Gasteiger charge is -2.28. The van der Waals surface area contributed by atoms with Crippen LogP contribution in [-0.2, 0) is 32.7 Å². The maximum absolute atomic E-state index is 12.9. The highest BCUT2D eigenvalue weighted by molar-refractivity contribution is 7.45. The third-order valence-electron chi connectivity index (χ3n) is 18.7. The van der Waals surface area contributed by atoms with E-state index in [0.717, 1.165) is 109 Å². The highest BCUT2D eigenvalue weighted by Gasteiger charge is 2.22. The molecule has 0 aliphatic carbocycles. The topological polar surface area (TPSA) is 111 Å². The molecule has 0 aromatic carbocycles. The molecular weight excluding hydrogens is 1280 g/mol. The Morgan fingerprint density at radius 2 is 0.559 bits per heavy atom.